The maximum absolute atomic E-state index is 14.2. The Morgan fingerprint density at radius 3 is 2.58 bits per heavy atom. The highest BCUT2D eigenvalue weighted by Crippen LogP contribution is 2.33. The van der Waals surface area contributed by atoms with Gasteiger partial charge in [0.05, 0.1) is 0 Å². The molecular weight excluding hydrogens is 332 g/mol. The monoisotopic (exact) mass is 348 g/mol. The summed E-state index contributed by atoms with van der Waals surface area (Å²) in [5.74, 6) is -0.482. The zero-order chi connectivity index (χ0) is 17.3. The molecular formula is C15H16F4N2O3. The molecule has 2 heterocycles. The Labute approximate surface area is 135 Å². The molecule has 3 rings (SSSR count). The number of carbonyl (C=O) groups is 1. The van der Waals surface area contributed by atoms with Crippen LogP contribution in [0.1, 0.15) is 5.56 Å². The maximum Gasteiger partial charge on any atom is 0.573 e. The minimum absolute atomic E-state index is 0.0892. The number of alkyl halides is 4. The zero-order valence-corrected chi connectivity index (χ0v) is 12.6. The van der Waals surface area contributed by atoms with E-state index >= 15 is 0 Å². The van der Waals surface area contributed by atoms with E-state index < -0.39 is 18.8 Å². The predicted octanol–water partition coefficient (Wildman–Crippen LogP) is 2.67. The first-order chi connectivity index (χ1) is 11.3. The van der Waals surface area contributed by atoms with Crippen LogP contribution in [0.3, 0.4) is 0 Å². The first kappa shape index (κ1) is 16.8. The lowest BCUT2D eigenvalue weighted by molar-refractivity contribution is -0.274. The molecule has 2 aliphatic heterocycles. The van der Waals surface area contributed by atoms with Gasteiger partial charge in [-0.2, -0.15) is 0 Å². The number of hydrogen-bond acceptors (Lipinski definition) is 4. The van der Waals surface area contributed by atoms with Crippen molar-refractivity contribution in [1.82, 2.24) is 10.2 Å². The highest BCUT2D eigenvalue weighted by atomic mass is 19.4. The number of benzene rings is 1. The first-order valence-electron chi connectivity index (χ1n) is 7.46. The van der Waals surface area contributed by atoms with E-state index in [1.54, 1.807) is 0 Å². The summed E-state index contributed by atoms with van der Waals surface area (Å²) in [4.78, 5) is 13.1. The molecule has 1 amide bonds. The van der Waals surface area contributed by atoms with Gasteiger partial charge in [0.15, 0.2) is 6.30 Å². The average Bonchev–Trinajstić information content (AvgIpc) is 3.08. The van der Waals surface area contributed by atoms with Gasteiger partial charge in [-0.3, -0.25) is 4.90 Å². The van der Waals surface area contributed by atoms with Crippen LogP contribution in [-0.4, -0.2) is 43.3 Å². The standard InChI is InChI=1S/C15H16F4N2O3/c16-13-12-6-20-5-10(12)7-21(13)14(22)23-8-9-1-3-11(4-2-9)24-15(17,18)19/h1-4,10,12-13,20H,5-8H2. The Morgan fingerprint density at radius 1 is 1.25 bits per heavy atom. The Morgan fingerprint density at radius 2 is 1.96 bits per heavy atom. The van der Waals surface area contributed by atoms with Gasteiger partial charge in [-0.15, -0.1) is 13.2 Å². The van der Waals surface area contributed by atoms with Crippen molar-refractivity contribution in [3.63, 3.8) is 0 Å². The molecule has 2 aliphatic rings. The second-order valence-corrected chi connectivity index (χ2v) is 5.85. The van der Waals surface area contributed by atoms with Crippen molar-refractivity contribution in [3.8, 4) is 5.75 Å². The molecule has 5 nitrogen and oxygen atoms in total. The third-order valence-electron chi connectivity index (χ3n) is 4.23. The second kappa shape index (κ2) is 6.46. The third-order valence-corrected chi connectivity index (χ3v) is 4.23. The molecule has 2 saturated heterocycles. The van der Waals surface area contributed by atoms with Gasteiger partial charge in [0.25, 0.3) is 0 Å². The van der Waals surface area contributed by atoms with Crippen LogP contribution in [0.2, 0.25) is 0 Å². The van der Waals surface area contributed by atoms with Gasteiger partial charge in [0, 0.05) is 25.6 Å². The topological polar surface area (TPSA) is 50.8 Å². The minimum Gasteiger partial charge on any atom is -0.444 e. The van der Waals surface area contributed by atoms with E-state index in [0.717, 1.165) is 17.0 Å². The van der Waals surface area contributed by atoms with Crippen LogP contribution in [0.25, 0.3) is 0 Å². The Hall–Kier alpha value is -2.03. The van der Waals surface area contributed by atoms with E-state index in [9.17, 15) is 22.4 Å². The van der Waals surface area contributed by atoms with Gasteiger partial charge in [-0.1, -0.05) is 12.1 Å². The largest absolute Gasteiger partial charge is 0.573 e. The lowest BCUT2D eigenvalue weighted by atomic mass is 10.0. The smallest absolute Gasteiger partial charge is 0.444 e. The van der Waals surface area contributed by atoms with Crippen molar-refractivity contribution in [2.45, 2.75) is 19.3 Å². The van der Waals surface area contributed by atoms with Gasteiger partial charge < -0.3 is 14.8 Å². The number of nitrogens with zero attached hydrogens (tertiary/aromatic N) is 1. The molecule has 0 bridgehead atoms. The average molecular weight is 348 g/mol. The molecule has 1 N–H and O–H groups in total. The number of hydrogen-bond donors (Lipinski definition) is 1. The van der Waals surface area contributed by atoms with Gasteiger partial charge >= 0.3 is 12.5 Å². The van der Waals surface area contributed by atoms with Gasteiger partial charge in [-0.05, 0) is 23.6 Å². The molecule has 3 unspecified atom stereocenters. The molecule has 9 heteroatoms. The molecule has 0 spiro atoms. The fraction of sp³-hybridized carbons (Fsp3) is 0.533. The van der Waals surface area contributed by atoms with Crippen LogP contribution < -0.4 is 10.1 Å². The van der Waals surface area contributed by atoms with Crippen LogP contribution in [-0.2, 0) is 11.3 Å². The number of likely N-dealkylation sites (tertiary alicyclic amines) is 1. The summed E-state index contributed by atoms with van der Waals surface area (Å²) in [7, 11) is 0. The molecule has 0 aromatic heterocycles. The van der Waals surface area contributed by atoms with Crippen molar-refractivity contribution in [2.24, 2.45) is 11.8 Å². The highest BCUT2D eigenvalue weighted by Gasteiger charge is 2.47. The van der Waals surface area contributed by atoms with Gasteiger partial charge in [0.1, 0.15) is 12.4 Å². The summed E-state index contributed by atoms with van der Waals surface area (Å²) in [6, 6.07) is 4.95. The number of nitrogens with one attached hydrogen (secondary N) is 1. The maximum atomic E-state index is 14.2. The van der Waals surface area contributed by atoms with E-state index in [1.807, 2.05) is 0 Å². The number of ether oxygens (including phenoxy) is 2. The van der Waals surface area contributed by atoms with Gasteiger partial charge in [-0.25, -0.2) is 9.18 Å². The summed E-state index contributed by atoms with van der Waals surface area (Å²) in [5.41, 5.74) is 0.481. The molecule has 0 radical (unpaired) electrons. The second-order valence-electron chi connectivity index (χ2n) is 5.85. The predicted molar refractivity (Wildman–Crippen MR) is 74.8 cm³/mol. The molecule has 132 valence electrons. The quantitative estimate of drug-likeness (QED) is 0.674. The fourth-order valence-electron chi connectivity index (χ4n) is 3.05. The van der Waals surface area contributed by atoms with Crippen molar-refractivity contribution >= 4 is 6.09 Å². The molecule has 3 atom stereocenters. The van der Waals surface area contributed by atoms with Crippen LogP contribution in [0, 0.1) is 11.8 Å². The molecule has 0 aliphatic carbocycles. The lowest BCUT2D eigenvalue weighted by Crippen LogP contribution is -2.37. The zero-order valence-electron chi connectivity index (χ0n) is 12.6. The molecule has 1 aromatic rings. The fourth-order valence-corrected chi connectivity index (χ4v) is 3.05. The number of amides is 1. The number of rotatable bonds is 3. The van der Waals surface area contributed by atoms with E-state index in [-0.39, 0.29) is 24.2 Å². The minimum atomic E-state index is -4.76. The van der Waals surface area contributed by atoms with Crippen LogP contribution in [0.4, 0.5) is 22.4 Å². The van der Waals surface area contributed by atoms with Gasteiger partial charge in [0.2, 0.25) is 0 Å². The highest BCUT2D eigenvalue weighted by molar-refractivity contribution is 5.68. The normalized spacial score (nSPS) is 26.3. The molecule has 24 heavy (non-hydrogen) atoms. The van der Waals surface area contributed by atoms with E-state index in [4.69, 9.17) is 4.74 Å². The van der Waals surface area contributed by atoms with E-state index in [2.05, 4.69) is 10.1 Å². The van der Waals surface area contributed by atoms with Crippen molar-refractivity contribution in [3.05, 3.63) is 29.8 Å². The van der Waals surface area contributed by atoms with Crippen LogP contribution in [0.5, 0.6) is 5.75 Å². The first-order valence-corrected chi connectivity index (χ1v) is 7.46. The summed E-state index contributed by atoms with van der Waals surface area (Å²) >= 11 is 0. The third kappa shape index (κ3) is 3.72. The summed E-state index contributed by atoms with van der Waals surface area (Å²) < 4.78 is 59.2. The van der Waals surface area contributed by atoms with Crippen molar-refractivity contribution in [2.75, 3.05) is 19.6 Å². The van der Waals surface area contributed by atoms with E-state index in [0.29, 0.717) is 25.2 Å². The lowest BCUT2D eigenvalue weighted by Gasteiger charge is -2.20. The van der Waals surface area contributed by atoms with E-state index in [1.165, 1.54) is 12.1 Å². The van der Waals surface area contributed by atoms with Crippen molar-refractivity contribution in [1.29, 1.82) is 0 Å². The summed E-state index contributed by atoms with van der Waals surface area (Å²) in [5, 5.41) is 3.08. The van der Waals surface area contributed by atoms with Crippen LogP contribution >= 0.6 is 0 Å². The Kier molecular flexibility index (Phi) is 4.53. The summed E-state index contributed by atoms with van der Waals surface area (Å²) in [6.07, 6.45) is -6.89. The Bertz CT molecular complexity index is 593. The Balaban J connectivity index is 1.51. The molecule has 2 fully saturated rings. The molecule has 1 aromatic carbocycles. The SMILES string of the molecule is O=C(OCc1ccc(OC(F)(F)F)cc1)N1CC2CNCC2C1F. The summed E-state index contributed by atoms with van der Waals surface area (Å²) in [6.45, 7) is 1.36. The number of fused-ring (bicyclic) bond motifs is 1. The van der Waals surface area contributed by atoms with Crippen LogP contribution in [0.15, 0.2) is 24.3 Å². The number of carbonyl (C=O) groups excluding carboxylic acids is 1. The number of halogens is 4. The molecule has 0 saturated carbocycles. The van der Waals surface area contributed by atoms with Crippen molar-refractivity contribution < 1.29 is 31.8 Å².